The molecule has 0 bridgehead atoms. The van der Waals surface area contributed by atoms with Crippen molar-refractivity contribution in [3.8, 4) is 0 Å². The van der Waals surface area contributed by atoms with Gasteiger partial charge in [-0.3, -0.25) is 0 Å². The molecule has 0 aliphatic carbocycles. The Morgan fingerprint density at radius 2 is 2.50 bits per heavy atom. The monoisotopic (exact) mass is 176 g/mol. The zero-order chi connectivity index (χ0) is 8.97. The smallest absolute Gasteiger partial charge is 0.404 e. The van der Waals surface area contributed by atoms with Crippen LogP contribution in [-0.4, -0.2) is 37.0 Å². The molecule has 5 heteroatoms. The lowest BCUT2D eigenvalue weighted by Gasteiger charge is -2.26. The van der Waals surface area contributed by atoms with Gasteiger partial charge in [-0.25, -0.2) is 9.18 Å². The van der Waals surface area contributed by atoms with E-state index in [1.54, 1.807) is 0 Å². The summed E-state index contributed by atoms with van der Waals surface area (Å²) in [5.74, 6) is -0.164. The second kappa shape index (κ2) is 4.25. The van der Waals surface area contributed by atoms with Crippen LogP contribution >= 0.6 is 0 Å². The van der Waals surface area contributed by atoms with Crippen molar-refractivity contribution in [2.24, 2.45) is 5.92 Å². The van der Waals surface area contributed by atoms with Gasteiger partial charge in [0.05, 0.1) is 0 Å². The lowest BCUT2D eigenvalue weighted by Crippen LogP contribution is -2.43. The van der Waals surface area contributed by atoms with Crippen LogP contribution in [0.25, 0.3) is 0 Å². The van der Waals surface area contributed by atoms with Crippen molar-refractivity contribution in [3.63, 3.8) is 0 Å². The number of amides is 1. The van der Waals surface area contributed by atoms with Gasteiger partial charge in [-0.2, -0.15) is 0 Å². The molecule has 1 aliphatic rings. The molecule has 3 N–H and O–H groups in total. The quantitative estimate of drug-likeness (QED) is 0.563. The van der Waals surface area contributed by atoms with Crippen molar-refractivity contribution in [1.29, 1.82) is 0 Å². The van der Waals surface area contributed by atoms with E-state index in [-0.39, 0.29) is 12.5 Å². The topological polar surface area (TPSA) is 61.4 Å². The number of halogens is 1. The van der Waals surface area contributed by atoms with Gasteiger partial charge in [0.1, 0.15) is 6.17 Å². The van der Waals surface area contributed by atoms with E-state index in [1.807, 2.05) is 0 Å². The number of carbonyl (C=O) groups is 1. The molecule has 0 aromatic heterocycles. The summed E-state index contributed by atoms with van der Waals surface area (Å²) in [7, 11) is 0. The Bertz CT molecular complexity index is 165. The number of nitrogens with one attached hydrogen (secondary N) is 2. The van der Waals surface area contributed by atoms with Gasteiger partial charge in [-0.05, 0) is 13.0 Å². The first-order chi connectivity index (χ1) is 5.70. The Kier molecular flexibility index (Phi) is 3.28. The Morgan fingerprint density at radius 3 is 3.08 bits per heavy atom. The Hall–Kier alpha value is -0.840. The summed E-state index contributed by atoms with van der Waals surface area (Å²) < 4.78 is 13.0. The first-order valence-corrected chi connectivity index (χ1v) is 4.01. The molecule has 0 saturated carbocycles. The van der Waals surface area contributed by atoms with Crippen molar-refractivity contribution in [2.45, 2.75) is 12.6 Å². The van der Waals surface area contributed by atoms with Gasteiger partial charge in [0.15, 0.2) is 0 Å². The molecule has 0 aromatic carbocycles. The van der Waals surface area contributed by atoms with E-state index in [1.165, 1.54) is 0 Å². The van der Waals surface area contributed by atoms with Gasteiger partial charge < -0.3 is 15.7 Å². The van der Waals surface area contributed by atoms with Gasteiger partial charge in [-0.1, -0.05) is 0 Å². The summed E-state index contributed by atoms with van der Waals surface area (Å²) in [4.78, 5) is 10.1. The maximum Gasteiger partial charge on any atom is 0.404 e. The largest absolute Gasteiger partial charge is 0.465 e. The zero-order valence-electron chi connectivity index (χ0n) is 6.72. The maximum absolute atomic E-state index is 13.0. The Morgan fingerprint density at radius 1 is 1.75 bits per heavy atom. The Labute approximate surface area is 70.1 Å². The molecule has 0 aromatic rings. The van der Waals surface area contributed by atoms with Crippen LogP contribution in [0.5, 0.6) is 0 Å². The van der Waals surface area contributed by atoms with Crippen LogP contribution in [0, 0.1) is 5.92 Å². The molecule has 1 aliphatic heterocycles. The average molecular weight is 176 g/mol. The van der Waals surface area contributed by atoms with Gasteiger partial charge in [0.2, 0.25) is 0 Å². The number of hydrogen-bond donors (Lipinski definition) is 3. The summed E-state index contributed by atoms with van der Waals surface area (Å²) in [6.07, 6.45) is -1.31. The predicted molar refractivity (Wildman–Crippen MR) is 41.9 cm³/mol. The number of hydrogen-bond acceptors (Lipinski definition) is 2. The fourth-order valence-electron chi connectivity index (χ4n) is 1.32. The van der Waals surface area contributed by atoms with Gasteiger partial charge >= 0.3 is 6.09 Å². The number of rotatable bonds is 2. The molecule has 0 radical (unpaired) electrons. The average Bonchev–Trinajstić information content (AvgIpc) is 2.03. The van der Waals surface area contributed by atoms with Crippen molar-refractivity contribution in [1.82, 2.24) is 10.6 Å². The second-order valence-electron chi connectivity index (χ2n) is 2.95. The highest BCUT2D eigenvalue weighted by Gasteiger charge is 2.24. The van der Waals surface area contributed by atoms with Gasteiger partial charge in [-0.15, -0.1) is 0 Å². The number of piperidine rings is 1. The van der Waals surface area contributed by atoms with Crippen molar-refractivity contribution in [3.05, 3.63) is 0 Å². The third-order valence-corrected chi connectivity index (χ3v) is 2.06. The zero-order valence-corrected chi connectivity index (χ0v) is 6.72. The van der Waals surface area contributed by atoms with E-state index < -0.39 is 12.3 Å². The summed E-state index contributed by atoms with van der Waals surface area (Å²) in [6, 6.07) is 0. The third kappa shape index (κ3) is 2.65. The van der Waals surface area contributed by atoms with E-state index in [2.05, 4.69) is 10.6 Å². The molecule has 1 rings (SSSR count). The maximum atomic E-state index is 13.0. The highest BCUT2D eigenvalue weighted by Crippen LogP contribution is 2.14. The molecule has 1 amide bonds. The number of carboxylic acid groups (broad SMARTS) is 1. The molecular weight excluding hydrogens is 163 g/mol. The molecule has 70 valence electrons. The van der Waals surface area contributed by atoms with E-state index in [0.717, 1.165) is 6.54 Å². The van der Waals surface area contributed by atoms with E-state index in [9.17, 15) is 9.18 Å². The first kappa shape index (κ1) is 9.25. The highest BCUT2D eigenvalue weighted by molar-refractivity contribution is 5.64. The second-order valence-corrected chi connectivity index (χ2v) is 2.95. The first-order valence-electron chi connectivity index (χ1n) is 4.01. The lowest BCUT2D eigenvalue weighted by atomic mass is 9.96. The molecule has 1 fully saturated rings. The molecule has 0 unspecified atom stereocenters. The SMILES string of the molecule is O=C(O)NC[C@@H]1CCNC[C@@H]1F. The van der Waals surface area contributed by atoms with E-state index >= 15 is 0 Å². The van der Waals surface area contributed by atoms with Crippen molar-refractivity contribution in [2.75, 3.05) is 19.6 Å². The lowest BCUT2D eigenvalue weighted by molar-refractivity contribution is 0.164. The minimum atomic E-state index is -1.08. The summed E-state index contributed by atoms with van der Waals surface area (Å²) in [5, 5.41) is 13.4. The van der Waals surface area contributed by atoms with Crippen molar-refractivity contribution < 1.29 is 14.3 Å². The van der Waals surface area contributed by atoms with Crippen LogP contribution in [0.15, 0.2) is 0 Å². The van der Waals surface area contributed by atoms with Crippen LogP contribution in [0.4, 0.5) is 9.18 Å². The predicted octanol–water partition coefficient (Wildman–Crippen LogP) is 0.202. The summed E-state index contributed by atoms with van der Waals surface area (Å²) >= 11 is 0. The van der Waals surface area contributed by atoms with Gasteiger partial charge in [0, 0.05) is 19.0 Å². The summed E-state index contributed by atoms with van der Waals surface area (Å²) in [6.45, 7) is 1.33. The standard InChI is InChI=1S/C7H13FN2O2/c8-6-4-9-2-1-5(6)3-10-7(11)12/h5-6,9-10H,1-4H2,(H,11,12)/t5-,6-/m0/s1. The molecule has 0 spiro atoms. The van der Waals surface area contributed by atoms with E-state index in [0.29, 0.717) is 13.0 Å². The molecule has 1 heterocycles. The normalized spacial score (nSPS) is 29.8. The molecule has 12 heavy (non-hydrogen) atoms. The van der Waals surface area contributed by atoms with E-state index in [4.69, 9.17) is 5.11 Å². The van der Waals surface area contributed by atoms with Crippen LogP contribution in [0.3, 0.4) is 0 Å². The molecular formula is C7H13FN2O2. The Balaban J connectivity index is 2.24. The van der Waals surface area contributed by atoms with Crippen molar-refractivity contribution >= 4 is 6.09 Å². The summed E-state index contributed by atoms with van der Waals surface area (Å²) in [5.41, 5.74) is 0. The van der Waals surface area contributed by atoms with Crippen LogP contribution in [0.1, 0.15) is 6.42 Å². The van der Waals surface area contributed by atoms with Crippen LogP contribution in [-0.2, 0) is 0 Å². The number of alkyl halides is 1. The molecule has 1 saturated heterocycles. The third-order valence-electron chi connectivity index (χ3n) is 2.06. The minimum Gasteiger partial charge on any atom is -0.465 e. The fraction of sp³-hybridized carbons (Fsp3) is 0.857. The van der Waals surface area contributed by atoms with Crippen LogP contribution < -0.4 is 10.6 Å². The highest BCUT2D eigenvalue weighted by atomic mass is 19.1. The fourth-order valence-corrected chi connectivity index (χ4v) is 1.32. The van der Waals surface area contributed by atoms with Gasteiger partial charge in [0.25, 0.3) is 0 Å². The van der Waals surface area contributed by atoms with Crippen LogP contribution in [0.2, 0.25) is 0 Å². The minimum absolute atomic E-state index is 0.164. The molecule has 4 nitrogen and oxygen atoms in total. The molecule has 2 atom stereocenters.